The summed E-state index contributed by atoms with van der Waals surface area (Å²) in [5.74, 6) is -0.992. The topological polar surface area (TPSA) is 62.2 Å². The molecule has 112 valence electrons. The predicted molar refractivity (Wildman–Crippen MR) is 85.7 cm³/mol. The highest BCUT2D eigenvalue weighted by atomic mass is 35.5. The van der Waals surface area contributed by atoms with Crippen molar-refractivity contribution in [3.63, 3.8) is 0 Å². The molecule has 21 heavy (non-hydrogen) atoms. The maximum atomic E-state index is 10.7. The first-order chi connectivity index (χ1) is 9.99. The van der Waals surface area contributed by atoms with Gasteiger partial charge in [-0.15, -0.1) is 11.3 Å². The molecular formula is C14H14Cl2N2O2S. The summed E-state index contributed by atoms with van der Waals surface area (Å²) in [6.07, 6.45) is 0.683. The van der Waals surface area contributed by atoms with Crippen LogP contribution in [0, 0.1) is 6.92 Å². The summed E-state index contributed by atoms with van der Waals surface area (Å²) in [7, 11) is 0. The van der Waals surface area contributed by atoms with Gasteiger partial charge in [-0.3, -0.25) is 0 Å². The Morgan fingerprint density at radius 3 is 2.86 bits per heavy atom. The zero-order valence-electron chi connectivity index (χ0n) is 11.3. The number of carboxylic acids is 1. The number of halogens is 2. The molecule has 0 bridgehead atoms. The van der Waals surface area contributed by atoms with Crippen LogP contribution in [0.3, 0.4) is 0 Å². The number of benzene rings is 1. The quantitative estimate of drug-likeness (QED) is 0.782. The largest absolute Gasteiger partial charge is 0.476 e. The monoisotopic (exact) mass is 344 g/mol. The Kier molecular flexibility index (Phi) is 5.58. The molecule has 0 fully saturated rings. The van der Waals surface area contributed by atoms with Crippen LogP contribution < -0.4 is 5.32 Å². The fraction of sp³-hybridized carbons (Fsp3) is 0.286. The number of thiazole rings is 1. The van der Waals surface area contributed by atoms with Crippen LogP contribution in [0.1, 0.15) is 26.6 Å². The maximum absolute atomic E-state index is 10.7. The molecule has 0 spiro atoms. The van der Waals surface area contributed by atoms with Gasteiger partial charge in [-0.1, -0.05) is 29.3 Å². The summed E-state index contributed by atoms with van der Waals surface area (Å²) < 4.78 is 0. The Balaban J connectivity index is 1.84. The second kappa shape index (κ2) is 7.22. The van der Waals surface area contributed by atoms with Gasteiger partial charge in [0.1, 0.15) is 0 Å². The minimum atomic E-state index is -0.992. The molecule has 2 rings (SSSR count). The van der Waals surface area contributed by atoms with E-state index in [1.807, 2.05) is 19.1 Å². The van der Waals surface area contributed by atoms with Gasteiger partial charge >= 0.3 is 5.97 Å². The van der Waals surface area contributed by atoms with Crippen molar-refractivity contribution < 1.29 is 9.90 Å². The van der Waals surface area contributed by atoms with Crippen molar-refractivity contribution in [1.82, 2.24) is 10.3 Å². The Morgan fingerprint density at radius 1 is 1.43 bits per heavy atom. The molecule has 1 heterocycles. The van der Waals surface area contributed by atoms with Crippen LogP contribution in [0.25, 0.3) is 0 Å². The van der Waals surface area contributed by atoms with Crippen LogP contribution in [-0.2, 0) is 13.0 Å². The number of nitrogens with zero attached hydrogens (tertiary/aromatic N) is 1. The highest BCUT2D eigenvalue weighted by molar-refractivity contribution is 7.09. The number of hydrogen-bond donors (Lipinski definition) is 2. The third-order valence-electron chi connectivity index (χ3n) is 3.00. The number of nitrogens with one attached hydrogen (secondary N) is 1. The first-order valence-electron chi connectivity index (χ1n) is 6.31. The van der Waals surface area contributed by atoms with Crippen LogP contribution in [0.2, 0.25) is 10.0 Å². The van der Waals surface area contributed by atoms with E-state index in [4.69, 9.17) is 28.3 Å². The SMILES string of the molecule is Cc1c(Cl)ccc(CNCCc2nc(C(=O)O)cs2)c1Cl. The summed E-state index contributed by atoms with van der Waals surface area (Å²) in [5.41, 5.74) is 1.97. The summed E-state index contributed by atoms with van der Waals surface area (Å²) in [6, 6.07) is 3.73. The first kappa shape index (κ1) is 16.2. The molecule has 0 atom stereocenters. The number of hydrogen-bond acceptors (Lipinski definition) is 4. The summed E-state index contributed by atoms with van der Waals surface area (Å²) in [6.45, 7) is 3.22. The molecule has 2 aromatic rings. The molecule has 4 nitrogen and oxygen atoms in total. The highest BCUT2D eigenvalue weighted by Crippen LogP contribution is 2.27. The highest BCUT2D eigenvalue weighted by Gasteiger charge is 2.09. The average Bonchev–Trinajstić information content (AvgIpc) is 2.92. The van der Waals surface area contributed by atoms with E-state index in [0.29, 0.717) is 29.6 Å². The molecule has 0 saturated carbocycles. The maximum Gasteiger partial charge on any atom is 0.355 e. The van der Waals surface area contributed by atoms with Crippen molar-refractivity contribution in [2.45, 2.75) is 19.9 Å². The lowest BCUT2D eigenvalue weighted by molar-refractivity contribution is 0.0691. The van der Waals surface area contributed by atoms with Gasteiger partial charge in [0.05, 0.1) is 5.01 Å². The zero-order valence-corrected chi connectivity index (χ0v) is 13.6. The minimum absolute atomic E-state index is 0.103. The number of aromatic nitrogens is 1. The number of carbonyl (C=O) groups is 1. The predicted octanol–water partition coefficient (Wildman–Crippen LogP) is 3.79. The van der Waals surface area contributed by atoms with E-state index in [0.717, 1.165) is 16.1 Å². The second-order valence-electron chi connectivity index (χ2n) is 4.50. The molecule has 0 aliphatic heterocycles. The minimum Gasteiger partial charge on any atom is -0.476 e. The summed E-state index contributed by atoms with van der Waals surface area (Å²) in [5, 5.41) is 15.8. The van der Waals surface area contributed by atoms with E-state index in [9.17, 15) is 4.79 Å². The van der Waals surface area contributed by atoms with Gasteiger partial charge in [-0.05, 0) is 24.1 Å². The molecule has 7 heteroatoms. The molecule has 0 aliphatic carbocycles. The smallest absolute Gasteiger partial charge is 0.355 e. The fourth-order valence-corrected chi connectivity index (χ4v) is 3.01. The summed E-state index contributed by atoms with van der Waals surface area (Å²) in [4.78, 5) is 14.8. The van der Waals surface area contributed by atoms with Gasteiger partial charge in [0, 0.05) is 34.9 Å². The standard InChI is InChI=1S/C14H14Cl2N2O2S/c1-8-10(15)3-2-9(13(8)16)6-17-5-4-12-18-11(7-21-12)14(19)20/h2-3,7,17H,4-6H2,1H3,(H,19,20). The van der Waals surface area contributed by atoms with Crippen LogP contribution in [-0.4, -0.2) is 22.6 Å². The lowest BCUT2D eigenvalue weighted by Gasteiger charge is -2.09. The molecule has 0 unspecified atom stereocenters. The Hall–Kier alpha value is -1.14. The van der Waals surface area contributed by atoms with E-state index in [1.54, 1.807) is 5.38 Å². The van der Waals surface area contributed by atoms with Crippen LogP contribution >= 0.6 is 34.5 Å². The van der Waals surface area contributed by atoms with Gasteiger partial charge in [0.25, 0.3) is 0 Å². The van der Waals surface area contributed by atoms with Gasteiger partial charge in [-0.25, -0.2) is 9.78 Å². The molecule has 0 aliphatic rings. The Labute approximate surface area is 136 Å². The lowest BCUT2D eigenvalue weighted by atomic mass is 10.1. The third-order valence-corrected chi connectivity index (χ3v) is 4.85. The fourth-order valence-electron chi connectivity index (χ4n) is 1.80. The van der Waals surface area contributed by atoms with Crippen molar-refractivity contribution in [3.8, 4) is 0 Å². The third kappa shape index (κ3) is 4.17. The number of aromatic carboxylic acids is 1. The lowest BCUT2D eigenvalue weighted by Crippen LogP contribution is -2.17. The van der Waals surface area contributed by atoms with Gasteiger partial charge < -0.3 is 10.4 Å². The average molecular weight is 345 g/mol. The van der Waals surface area contributed by atoms with Gasteiger partial charge in [-0.2, -0.15) is 0 Å². The van der Waals surface area contributed by atoms with E-state index in [-0.39, 0.29) is 5.69 Å². The normalized spacial score (nSPS) is 10.8. The van der Waals surface area contributed by atoms with E-state index in [1.165, 1.54) is 11.3 Å². The van der Waals surface area contributed by atoms with Gasteiger partial charge in [0.15, 0.2) is 5.69 Å². The van der Waals surface area contributed by atoms with Crippen LogP contribution in [0.5, 0.6) is 0 Å². The van der Waals surface area contributed by atoms with Crippen LogP contribution in [0.15, 0.2) is 17.5 Å². The zero-order chi connectivity index (χ0) is 15.4. The first-order valence-corrected chi connectivity index (χ1v) is 7.94. The molecule has 0 radical (unpaired) electrons. The van der Waals surface area contributed by atoms with Gasteiger partial charge in [0.2, 0.25) is 0 Å². The van der Waals surface area contributed by atoms with Crippen molar-refractivity contribution in [3.05, 3.63) is 49.4 Å². The van der Waals surface area contributed by atoms with E-state index >= 15 is 0 Å². The van der Waals surface area contributed by atoms with E-state index in [2.05, 4.69) is 10.3 Å². The van der Waals surface area contributed by atoms with Crippen LogP contribution in [0.4, 0.5) is 0 Å². The number of rotatable bonds is 6. The van der Waals surface area contributed by atoms with Crippen molar-refractivity contribution in [2.24, 2.45) is 0 Å². The molecule has 1 aromatic carbocycles. The summed E-state index contributed by atoms with van der Waals surface area (Å²) >= 11 is 13.6. The number of carboxylic acid groups (broad SMARTS) is 1. The molecule has 2 N–H and O–H groups in total. The molecule has 1 aromatic heterocycles. The van der Waals surface area contributed by atoms with Crippen molar-refractivity contribution >= 4 is 40.5 Å². The van der Waals surface area contributed by atoms with Crippen molar-refractivity contribution in [2.75, 3.05) is 6.54 Å². The second-order valence-corrected chi connectivity index (χ2v) is 6.23. The Morgan fingerprint density at radius 2 is 2.19 bits per heavy atom. The van der Waals surface area contributed by atoms with E-state index < -0.39 is 5.97 Å². The molecule has 0 saturated heterocycles. The Bertz CT molecular complexity index is 658. The molecule has 0 amide bonds. The molecular weight excluding hydrogens is 331 g/mol. The van der Waals surface area contributed by atoms with Crippen molar-refractivity contribution in [1.29, 1.82) is 0 Å².